The molecule has 35 heavy (non-hydrogen) atoms. The van der Waals surface area contributed by atoms with Gasteiger partial charge in [-0.3, -0.25) is 14.3 Å². The fraction of sp³-hybridized carbons (Fsp3) is 0.345. The highest BCUT2D eigenvalue weighted by Crippen LogP contribution is 2.33. The third-order valence-corrected chi connectivity index (χ3v) is 7.47. The molecule has 0 N–H and O–H groups in total. The number of hydrogen-bond donors (Lipinski definition) is 0. The van der Waals surface area contributed by atoms with E-state index in [1.54, 1.807) is 11.5 Å². The lowest BCUT2D eigenvalue weighted by Crippen LogP contribution is -2.33. The topological polar surface area (TPSA) is 64.4 Å². The molecule has 2 aromatic heterocycles. The van der Waals surface area contributed by atoms with Gasteiger partial charge in [-0.1, -0.05) is 36.4 Å². The van der Waals surface area contributed by atoms with Gasteiger partial charge >= 0.3 is 5.97 Å². The minimum Gasteiger partial charge on any atom is -0.449 e. The molecule has 1 atom stereocenters. The second kappa shape index (κ2) is 8.61. The van der Waals surface area contributed by atoms with Gasteiger partial charge in [0.05, 0.1) is 16.6 Å². The third-order valence-electron chi connectivity index (χ3n) is 7.47. The Labute approximate surface area is 204 Å². The minimum atomic E-state index is -0.909. The molecule has 1 unspecified atom stereocenters. The second-order valence-corrected chi connectivity index (χ2v) is 9.79. The smallest absolute Gasteiger partial charge is 0.339 e. The van der Waals surface area contributed by atoms with Crippen molar-refractivity contribution in [1.29, 1.82) is 0 Å². The van der Waals surface area contributed by atoms with Crippen LogP contribution in [0.25, 0.3) is 21.8 Å². The van der Waals surface area contributed by atoms with Gasteiger partial charge in [-0.05, 0) is 57.4 Å². The van der Waals surface area contributed by atoms with Crippen LogP contribution in [0.15, 0.2) is 48.5 Å². The van der Waals surface area contributed by atoms with Gasteiger partial charge in [-0.2, -0.15) is 0 Å². The van der Waals surface area contributed by atoms with Crippen LogP contribution in [-0.2, 0) is 30.5 Å². The fourth-order valence-electron chi connectivity index (χ4n) is 5.76. The van der Waals surface area contributed by atoms with Gasteiger partial charge in [0, 0.05) is 47.2 Å². The van der Waals surface area contributed by atoms with Crippen LogP contribution in [0.1, 0.15) is 57.4 Å². The Balaban J connectivity index is 1.38. The van der Waals surface area contributed by atoms with Crippen molar-refractivity contribution in [2.75, 3.05) is 13.6 Å². The van der Waals surface area contributed by atoms with Gasteiger partial charge < -0.3 is 9.64 Å². The summed E-state index contributed by atoms with van der Waals surface area (Å²) < 4.78 is 7.72. The van der Waals surface area contributed by atoms with Crippen LogP contribution in [0, 0.1) is 0 Å². The van der Waals surface area contributed by atoms with Crippen LogP contribution < -0.4 is 0 Å². The number of ether oxygens (including phenoxy) is 1. The zero-order valence-corrected chi connectivity index (χ0v) is 20.2. The number of carbonyl (C=O) groups is 2. The largest absolute Gasteiger partial charge is 0.449 e. The van der Waals surface area contributed by atoms with Gasteiger partial charge in [0.2, 0.25) is 0 Å². The van der Waals surface area contributed by atoms with E-state index in [0.717, 1.165) is 77.4 Å². The summed E-state index contributed by atoms with van der Waals surface area (Å²) in [6.45, 7) is 3.22. The van der Waals surface area contributed by atoms with Crippen molar-refractivity contribution in [2.24, 2.45) is 0 Å². The van der Waals surface area contributed by atoms with E-state index >= 15 is 0 Å². The van der Waals surface area contributed by atoms with Gasteiger partial charge in [-0.15, -0.1) is 0 Å². The second-order valence-electron chi connectivity index (χ2n) is 9.79. The predicted octanol–water partition coefficient (Wildman–Crippen LogP) is 4.94. The first-order chi connectivity index (χ1) is 17.0. The summed E-state index contributed by atoms with van der Waals surface area (Å²) >= 11 is 0. The summed E-state index contributed by atoms with van der Waals surface area (Å²) in [5.74, 6) is -0.650. The molecule has 0 spiro atoms. The van der Waals surface area contributed by atoms with Crippen molar-refractivity contribution >= 4 is 33.7 Å². The van der Waals surface area contributed by atoms with E-state index in [9.17, 15) is 9.59 Å². The number of nitrogens with zero attached hydrogens (tertiary/aromatic N) is 3. The maximum absolute atomic E-state index is 13.7. The van der Waals surface area contributed by atoms with Crippen LogP contribution in [0.5, 0.6) is 0 Å². The molecule has 0 bridgehead atoms. The van der Waals surface area contributed by atoms with Crippen molar-refractivity contribution in [1.82, 2.24) is 14.5 Å². The van der Waals surface area contributed by atoms with E-state index in [2.05, 4.69) is 11.0 Å². The Bertz CT molecular complexity index is 1490. The number of rotatable bonds is 3. The van der Waals surface area contributed by atoms with Crippen molar-refractivity contribution in [3.63, 3.8) is 0 Å². The molecule has 0 amide bonds. The molecule has 1 aliphatic heterocycles. The molecule has 6 nitrogen and oxygen atoms in total. The predicted molar refractivity (Wildman–Crippen MR) is 136 cm³/mol. The molecule has 3 heterocycles. The van der Waals surface area contributed by atoms with E-state index in [0.29, 0.717) is 12.1 Å². The lowest BCUT2D eigenvalue weighted by atomic mass is 9.95. The highest BCUT2D eigenvalue weighted by Gasteiger charge is 2.30. The van der Waals surface area contributed by atoms with Crippen molar-refractivity contribution in [3.8, 4) is 0 Å². The number of aryl methyl sites for hydroxylation is 1. The number of pyridine rings is 1. The summed E-state index contributed by atoms with van der Waals surface area (Å²) in [6.07, 6.45) is 3.92. The molecule has 1 aliphatic carbocycles. The average Bonchev–Trinajstić information content (AvgIpc) is 3.21. The highest BCUT2D eigenvalue weighted by molar-refractivity contribution is 6.06. The Morgan fingerprint density at radius 2 is 1.69 bits per heavy atom. The Kier molecular flexibility index (Phi) is 5.41. The zero-order chi connectivity index (χ0) is 24.1. The van der Waals surface area contributed by atoms with Crippen molar-refractivity contribution < 1.29 is 14.3 Å². The lowest BCUT2D eigenvalue weighted by Gasteiger charge is -2.27. The molecular weight excluding hydrogens is 438 g/mol. The van der Waals surface area contributed by atoms with E-state index < -0.39 is 12.1 Å². The maximum Gasteiger partial charge on any atom is 0.339 e. The molecule has 4 aromatic rings. The molecular formula is C29H29N3O3. The van der Waals surface area contributed by atoms with Gasteiger partial charge in [-0.25, -0.2) is 4.79 Å². The number of esters is 1. The standard InChI is InChI=1S/C29H29N3O3/c1-18(28(33)32-25-13-7-4-9-19(25)20-10-5-8-14-26(20)32)35-29(34)27-21-11-3-6-12-23(21)30-24-15-16-31(2)17-22(24)27/h3-4,6-7,9,11-13,18H,5,8,10,14-17H2,1-2H3. The minimum absolute atomic E-state index is 0.193. The summed E-state index contributed by atoms with van der Waals surface area (Å²) in [4.78, 5) is 34.4. The molecule has 0 saturated heterocycles. The molecule has 2 aromatic carbocycles. The first kappa shape index (κ1) is 22.0. The molecule has 0 saturated carbocycles. The SMILES string of the molecule is CC(OC(=O)c1c2c(nc3ccccc13)CCN(C)C2)C(=O)n1c2c(c3ccccc31)CCCC2. The molecule has 6 heteroatoms. The summed E-state index contributed by atoms with van der Waals surface area (Å²) in [7, 11) is 2.04. The van der Waals surface area contributed by atoms with Gasteiger partial charge in [0.1, 0.15) is 0 Å². The first-order valence-corrected chi connectivity index (χ1v) is 12.5. The van der Waals surface area contributed by atoms with E-state index in [1.807, 2.05) is 49.5 Å². The van der Waals surface area contributed by atoms with Crippen LogP contribution in [0.4, 0.5) is 0 Å². The van der Waals surface area contributed by atoms with Crippen LogP contribution in [0.3, 0.4) is 0 Å². The van der Waals surface area contributed by atoms with Gasteiger partial charge in [0.25, 0.3) is 5.91 Å². The molecule has 6 rings (SSSR count). The summed E-state index contributed by atoms with van der Waals surface area (Å²) in [5.41, 5.74) is 6.41. The summed E-state index contributed by atoms with van der Waals surface area (Å²) in [6, 6.07) is 15.7. The Hall–Kier alpha value is -3.51. The molecule has 0 radical (unpaired) electrons. The zero-order valence-electron chi connectivity index (χ0n) is 20.2. The number of aromatic nitrogens is 2. The van der Waals surface area contributed by atoms with Crippen LogP contribution in [0.2, 0.25) is 0 Å². The molecule has 2 aliphatic rings. The normalized spacial score (nSPS) is 16.6. The summed E-state index contributed by atoms with van der Waals surface area (Å²) in [5, 5.41) is 1.90. The monoisotopic (exact) mass is 467 g/mol. The average molecular weight is 468 g/mol. The molecule has 0 fully saturated rings. The van der Waals surface area contributed by atoms with Crippen LogP contribution in [-0.4, -0.2) is 46.0 Å². The van der Waals surface area contributed by atoms with E-state index in [-0.39, 0.29) is 5.91 Å². The number of benzene rings is 2. The Morgan fingerprint density at radius 3 is 2.54 bits per heavy atom. The fourth-order valence-corrected chi connectivity index (χ4v) is 5.76. The highest BCUT2D eigenvalue weighted by atomic mass is 16.5. The third kappa shape index (κ3) is 3.64. The number of carbonyl (C=O) groups excluding carboxylic acids is 2. The van der Waals surface area contributed by atoms with E-state index in [1.165, 1.54) is 5.56 Å². The maximum atomic E-state index is 13.7. The van der Waals surface area contributed by atoms with Gasteiger partial charge in [0.15, 0.2) is 6.10 Å². The first-order valence-electron chi connectivity index (χ1n) is 12.5. The molecule has 178 valence electrons. The van der Waals surface area contributed by atoms with Crippen molar-refractivity contribution in [2.45, 2.75) is 51.7 Å². The van der Waals surface area contributed by atoms with E-state index in [4.69, 9.17) is 9.72 Å². The Morgan fingerprint density at radius 1 is 0.943 bits per heavy atom. The number of fused-ring (bicyclic) bond motifs is 5. The number of likely N-dealkylation sites (N-methyl/N-ethyl adjacent to an activating group) is 1. The number of hydrogen-bond acceptors (Lipinski definition) is 5. The number of para-hydroxylation sites is 2. The van der Waals surface area contributed by atoms with Crippen LogP contribution >= 0.6 is 0 Å². The quantitative estimate of drug-likeness (QED) is 0.399. The van der Waals surface area contributed by atoms with Crippen molar-refractivity contribution in [3.05, 3.63) is 76.6 Å². The lowest BCUT2D eigenvalue weighted by molar-refractivity contribution is 0.0284.